The number of hydrogen-bond acceptors (Lipinski definition) is 2. The quantitative estimate of drug-likeness (QED) is 0.814. The maximum atomic E-state index is 13.4. The highest BCUT2D eigenvalue weighted by atomic mass is 19.1. The van der Waals surface area contributed by atoms with Crippen LogP contribution < -0.4 is 11.1 Å². The van der Waals surface area contributed by atoms with Crippen LogP contribution in [0.5, 0.6) is 0 Å². The van der Waals surface area contributed by atoms with Crippen molar-refractivity contribution < 1.29 is 13.6 Å². The molecule has 1 unspecified atom stereocenters. The third-order valence-corrected chi connectivity index (χ3v) is 2.59. The van der Waals surface area contributed by atoms with E-state index >= 15 is 0 Å². The highest BCUT2D eigenvalue weighted by Crippen LogP contribution is 2.14. The first-order chi connectivity index (χ1) is 8.54. The van der Waals surface area contributed by atoms with Gasteiger partial charge in [-0.2, -0.15) is 0 Å². The number of hydrogen-bond donors (Lipinski definition) is 2. The van der Waals surface area contributed by atoms with Crippen LogP contribution in [0.2, 0.25) is 0 Å². The Morgan fingerprint density at radius 2 is 2.00 bits per heavy atom. The van der Waals surface area contributed by atoms with Crippen LogP contribution in [-0.2, 0) is 11.2 Å². The summed E-state index contributed by atoms with van der Waals surface area (Å²) in [5.74, 6) is -1.32. The van der Waals surface area contributed by atoms with E-state index in [0.29, 0.717) is 19.4 Å². The summed E-state index contributed by atoms with van der Waals surface area (Å²) in [6.07, 6.45) is 1.07. The van der Waals surface area contributed by atoms with Gasteiger partial charge < -0.3 is 11.1 Å². The Balaban J connectivity index is 2.54. The fourth-order valence-electron chi connectivity index (χ4n) is 1.69. The van der Waals surface area contributed by atoms with Gasteiger partial charge in [-0.05, 0) is 38.4 Å². The minimum atomic E-state index is -0.585. The second-order valence-corrected chi connectivity index (χ2v) is 4.27. The van der Waals surface area contributed by atoms with Gasteiger partial charge in [0.15, 0.2) is 0 Å². The van der Waals surface area contributed by atoms with Crippen molar-refractivity contribution >= 4 is 5.91 Å². The van der Waals surface area contributed by atoms with E-state index in [9.17, 15) is 13.6 Å². The number of halogens is 2. The van der Waals surface area contributed by atoms with Crippen LogP contribution in [0.3, 0.4) is 0 Å². The van der Waals surface area contributed by atoms with Crippen molar-refractivity contribution in [1.82, 2.24) is 5.32 Å². The van der Waals surface area contributed by atoms with Crippen LogP contribution in [0.25, 0.3) is 0 Å². The van der Waals surface area contributed by atoms with Gasteiger partial charge in [-0.3, -0.25) is 4.79 Å². The van der Waals surface area contributed by atoms with Gasteiger partial charge >= 0.3 is 0 Å². The lowest BCUT2D eigenvalue weighted by Crippen LogP contribution is -2.34. The third-order valence-electron chi connectivity index (χ3n) is 2.59. The van der Waals surface area contributed by atoms with Gasteiger partial charge in [0.1, 0.15) is 11.6 Å². The first-order valence-electron chi connectivity index (χ1n) is 5.97. The summed E-state index contributed by atoms with van der Waals surface area (Å²) < 4.78 is 26.8. The number of benzene rings is 1. The Hall–Kier alpha value is -1.49. The lowest BCUT2D eigenvalue weighted by Gasteiger charge is -2.14. The topological polar surface area (TPSA) is 55.1 Å². The van der Waals surface area contributed by atoms with Crippen LogP contribution in [0, 0.1) is 11.6 Å². The van der Waals surface area contributed by atoms with Gasteiger partial charge in [-0.15, -0.1) is 0 Å². The molecular formula is C13H18F2N2O. The summed E-state index contributed by atoms with van der Waals surface area (Å²) >= 11 is 0. The van der Waals surface area contributed by atoms with Crippen molar-refractivity contribution in [3.8, 4) is 0 Å². The summed E-state index contributed by atoms with van der Waals surface area (Å²) in [6, 6.07) is 3.42. The number of nitrogens with two attached hydrogens (primary N) is 1. The number of rotatable bonds is 6. The highest BCUT2D eigenvalue weighted by Gasteiger charge is 2.13. The molecule has 1 aromatic rings. The minimum absolute atomic E-state index is 0.00382. The van der Waals surface area contributed by atoms with Crippen molar-refractivity contribution in [3.05, 3.63) is 35.4 Å². The Labute approximate surface area is 105 Å². The molecule has 0 aliphatic rings. The average molecular weight is 256 g/mol. The van der Waals surface area contributed by atoms with Gasteiger partial charge in [0.25, 0.3) is 0 Å². The molecule has 3 nitrogen and oxygen atoms in total. The van der Waals surface area contributed by atoms with Crippen molar-refractivity contribution in [2.45, 2.75) is 32.2 Å². The van der Waals surface area contributed by atoms with E-state index < -0.39 is 11.6 Å². The summed E-state index contributed by atoms with van der Waals surface area (Å²) in [5.41, 5.74) is 5.30. The zero-order valence-electron chi connectivity index (χ0n) is 10.4. The van der Waals surface area contributed by atoms with Gasteiger partial charge in [0.05, 0.1) is 0 Å². The molecule has 100 valence electrons. The van der Waals surface area contributed by atoms with E-state index in [1.807, 2.05) is 0 Å². The predicted molar refractivity (Wildman–Crippen MR) is 66.0 cm³/mol. The molecule has 0 bridgehead atoms. The van der Waals surface area contributed by atoms with Gasteiger partial charge in [-0.1, -0.05) is 6.07 Å². The van der Waals surface area contributed by atoms with Gasteiger partial charge in [0.2, 0.25) is 5.91 Å². The first-order valence-corrected chi connectivity index (χ1v) is 5.97. The zero-order valence-corrected chi connectivity index (χ0v) is 10.4. The Bertz CT molecular complexity index is 390. The van der Waals surface area contributed by atoms with Crippen LogP contribution in [-0.4, -0.2) is 18.5 Å². The molecule has 0 radical (unpaired) electrons. The lowest BCUT2D eigenvalue weighted by molar-refractivity contribution is -0.121. The van der Waals surface area contributed by atoms with E-state index in [1.54, 1.807) is 6.92 Å². The Kier molecular flexibility index (Phi) is 5.71. The SMILES string of the molecule is CC(Cc1c(F)cccc1F)NC(=O)CCCN. The summed E-state index contributed by atoms with van der Waals surface area (Å²) in [5, 5.41) is 2.69. The Morgan fingerprint density at radius 3 is 2.56 bits per heavy atom. The maximum absolute atomic E-state index is 13.4. The molecule has 18 heavy (non-hydrogen) atoms. The van der Waals surface area contributed by atoms with Crippen LogP contribution in [0.4, 0.5) is 8.78 Å². The second kappa shape index (κ2) is 7.06. The third kappa shape index (κ3) is 4.41. The lowest BCUT2D eigenvalue weighted by atomic mass is 10.1. The normalized spacial score (nSPS) is 12.2. The molecule has 1 rings (SSSR count). The minimum Gasteiger partial charge on any atom is -0.353 e. The van der Waals surface area contributed by atoms with E-state index in [4.69, 9.17) is 5.73 Å². The molecule has 3 N–H and O–H groups in total. The number of nitrogens with one attached hydrogen (secondary N) is 1. The van der Waals surface area contributed by atoms with Crippen molar-refractivity contribution in [1.29, 1.82) is 0 Å². The van der Waals surface area contributed by atoms with Crippen LogP contribution in [0.15, 0.2) is 18.2 Å². The number of carbonyl (C=O) groups excluding carboxylic acids is 1. The largest absolute Gasteiger partial charge is 0.353 e. The predicted octanol–water partition coefficient (Wildman–Crippen LogP) is 1.75. The summed E-state index contributed by atoms with van der Waals surface area (Å²) in [4.78, 5) is 11.4. The molecule has 0 aromatic heterocycles. The smallest absolute Gasteiger partial charge is 0.220 e. The summed E-state index contributed by atoms with van der Waals surface area (Å²) in [7, 11) is 0. The fraction of sp³-hybridized carbons (Fsp3) is 0.462. The molecule has 1 atom stereocenters. The second-order valence-electron chi connectivity index (χ2n) is 4.27. The Morgan fingerprint density at radius 1 is 1.39 bits per heavy atom. The molecular weight excluding hydrogens is 238 g/mol. The van der Waals surface area contributed by atoms with Crippen molar-refractivity contribution in [2.75, 3.05) is 6.54 Å². The molecule has 1 amide bonds. The highest BCUT2D eigenvalue weighted by molar-refractivity contribution is 5.76. The molecule has 0 heterocycles. The molecule has 0 spiro atoms. The first kappa shape index (κ1) is 14.6. The molecule has 0 saturated carbocycles. The molecule has 5 heteroatoms. The fourth-order valence-corrected chi connectivity index (χ4v) is 1.69. The van der Waals surface area contributed by atoms with Gasteiger partial charge in [-0.25, -0.2) is 8.78 Å². The van der Waals surface area contributed by atoms with Gasteiger partial charge in [0, 0.05) is 18.0 Å². The van der Waals surface area contributed by atoms with Crippen LogP contribution >= 0.6 is 0 Å². The molecule has 0 aliphatic heterocycles. The molecule has 0 saturated heterocycles. The monoisotopic (exact) mass is 256 g/mol. The zero-order chi connectivity index (χ0) is 13.5. The van der Waals surface area contributed by atoms with E-state index in [2.05, 4.69) is 5.32 Å². The number of amides is 1. The molecule has 1 aromatic carbocycles. The molecule has 0 aliphatic carbocycles. The standard InChI is InChI=1S/C13H18F2N2O/c1-9(17-13(18)6-3-7-16)8-10-11(14)4-2-5-12(10)15/h2,4-5,9H,3,6-8,16H2,1H3,(H,17,18). The van der Waals surface area contributed by atoms with E-state index in [1.165, 1.54) is 18.2 Å². The van der Waals surface area contributed by atoms with Crippen molar-refractivity contribution in [3.63, 3.8) is 0 Å². The maximum Gasteiger partial charge on any atom is 0.220 e. The van der Waals surface area contributed by atoms with E-state index in [0.717, 1.165) is 0 Å². The van der Waals surface area contributed by atoms with Crippen molar-refractivity contribution in [2.24, 2.45) is 5.73 Å². The number of carbonyl (C=O) groups is 1. The summed E-state index contributed by atoms with van der Waals surface area (Å²) in [6.45, 7) is 2.16. The van der Waals surface area contributed by atoms with E-state index in [-0.39, 0.29) is 23.9 Å². The molecule has 0 fully saturated rings. The average Bonchev–Trinajstić information content (AvgIpc) is 2.31. The van der Waals surface area contributed by atoms with Crippen LogP contribution in [0.1, 0.15) is 25.3 Å².